The fraction of sp³-hybridized carbons (Fsp3) is 0.529. The van der Waals surface area contributed by atoms with E-state index in [1.54, 1.807) is 25.1 Å². The Kier molecular flexibility index (Phi) is 6.90. The monoisotopic (exact) mass is 372 g/mol. The van der Waals surface area contributed by atoms with Gasteiger partial charge in [0.05, 0.1) is 6.61 Å². The van der Waals surface area contributed by atoms with Gasteiger partial charge in [-0.2, -0.15) is 0 Å². The van der Waals surface area contributed by atoms with Gasteiger partial charge in [-0.1, -0.05) is 30.1 Å². The molecule has 2 N–H and O–H groups in total. The highest BCUT2D eigenvalue weighted by molar-refractivity contribution is 6.34. The zero-order valence-electron chi connectivity index (χ0n) is 13.8. The third-order valence-electron chi connectivity index (χ3n) is 4.18. The minimum Gasteiger partial charge on any atom is -0.464 e. The first-order chi connectivity index (χ1) is 11.4. The molecule has 1 aliphatic rings. The van der Waals surface area contributed by atoms with Gasteiger partial charge in [0.1, 0.15) is 6.04 Å². The van der Waals surface area contributed by atoms with Crippen LogP contribution in [0.2, 0.25) is 10.0 Å². The second kappa shape index (κ2) is 8.70. The highest BCUT2D eigenvalue weighted by Gasteiger charge is 2.31. The summed E-state index contributed by atoms with van der Waals surface area (Å²) < 4.78 is 5.09. The van der Waals surface area contributed by atoms with E-state index in [2.05, 4.69) is 10.6 Å². The molecule has 1 heterocycles. The van der Waals surface area contributed by atoms with Gasteiger partial charge in [0.25, 0.3) is 0 Å². The summed E-state index contributed by atoms with van der Waals surface area (Å²) in [5.41, 5.74) is 0.767. The van der Waals surface area contributed by atoms with Gasteiger partial charge in [0.15, 0.2) is 0 Å². The standard InChI is InChI=1S/C17H22Cl2N2O3/c1-3-24-17(23)15(6-11-4-13(18)7-14(19)5-11)21-16(22)10(2)12-8-20-9-12/h4-5,7,10,12,15,20H,3,6,8-9H2,1-2H3,(H,21,22). The number of hydrogen-bond acceptors (Lipinski definition) is 4. The minimum absolute atomic E-state index is 0.146. The van der Waals surface area contributed by atoms with Crippen molar-refractivity contribution >= 4 is 35.1 Å². The zero-order chi connectivity index (χ0) is 17.7. The van der Waals surface area contributed by atoms with Crippen molar-refractivity contribution < 1.29 is 14.3 Å². The number of rotatable bonds is 7. The fourth-order valence-electron chi connectivity index (χ4n) is 2.58. The van der Waals surface area contributed by atoms with Crippen LogP contribution in [-0.4, -0.2) is 37.6 Å². The molecule has 0 aromatic heterocycles. The zero-order valence-corrected chi connectivity index (χ0v) is 15.3. The highest BCUT2D eigenvalue weighted by atomic mass is 35.5. The number of amides is 1. The molecule has 1 aromatic carbocycles. The number of carbonyl (C=O) groups is 2. The van der Waals surface area contributed by atoms with Gasteiger partial charge in [-0.05, 0) is 49.7 Å². The molecular weight excluding hydrogens is 351 g/mol. The van der Waals surface area contributed by atoms with Crippen molar-refractivity contribution in [1.82, 2.24) is 10.6 Å². The second-order valence-corrected chi connectivity index (χ2v) is 6.87. The molecule has 0 radical (unpaired) electrons. The van der Waals surface area contributed by atoms with E-state index in [1.165, 1.54) is 0 Å². The summed E-state index contributed by atoms with van der Waals surface area (Å²) in [6.45, 7) is 5.50. The SMILES string of the molecule is CCOC(=O)C(Cc1cc(Cl)cc(Cl)c1)NC(=O)C(C)C1CNC1. The smallest absolute Gasteiger partial charge is 0.328 e. The Balaban J connectivity index is 2.08. The molecule has 1 saturated heterocycles. The average molecular weight is 373 g/mol. The van der Waals surface area contributed by atoms with Crippen LogP contribution in [0.5, 0.6) is 0 Å². The van der Waals surface area contributed by atoms with E-state index >= 15 is 0 Å². The van der Waals surface area contributed by atoms with Crippen LogP contribution in [0, 0.1) is 11.8 Å². The van der Waals surface area contributed by atoms with Crippen LogP contribution < -0.4 is 10.6 Å². The summed E-state index contributed by atoms with van der Waals surface area (Å²) in [6, 6.07) is 4.31. The third kappa shape index (κ3) is 5.10. The molecule has 0 spiro atoms. The van der Waals surface area contributed by atoms with Gasteiger partial charge in [0.2, 0.25) is 5.91 Å². The van der Waals surface area contributed by atoms with E-state index in [-0.39, 0.29) is 24.9 Å². The molecule has 1 fully saturated rings. The lowest BCUT2D eigenvalue weighted by Gasteiger charge is -2.32. The Hall–Kier alpha value is -1.30. The van der Waals surface area contributed by atoms with Crippen LogP contribution in [0.1, 0.15) is 19.4 Å². The van der Waals surface area contributed by atoms with Crippen molar-refractivity contribution in [3.05, 3.63) is 33.8 Å². The van der Waals surface area contributed by atoms with Crippen LogP contribution in [0.25, 0.3) is 0 Å². The molecule has 1 amide bonds. The molecule has 1 aromatic rings. The number of hydrogen-bond donors (Lipinski definition) is 2. The lowest BCUT2D eigenvalue weighted by molar-refractivity contribution is -0.148. The summed E-state index contributed by atoms with van der Waals surface area (Å²) in [4.78, 5) is 24.6. The van der Waals surface area contributed by atoms with E-state index in [4.69, 9.17) is 27.9 Å². The second-order valence-electron chi connectivity index (χ2n) is 6.00. The normalized spacial score (nSPS) is 16.8. The van der Waals surface area contributed by atoms with Crippen molar-refractivity contribution in [3.63, 3.8) is 0 Å². The molecule has 2 rings (SSSR count). The van der Waals surface area contributed by atoms with E-state index in [0.29, 0.717) is 16.0 Å². The van der Waals surface area contributed by atoms with E-state index < -0.39 is 12.0 Å². The Morgan fingerprint density at radius 2 is 1.92 bits per heavy atom. The van der Waals surface area contributed by atoms with E-state index in [9.17, 15) is 9.59 Å². The predicted octanol–water partition coefficient (Wildman–Crippen LogP) is 2.44. The van der Waals surface area contributed by atoms with Crippen LogP contribution in [0.4, 0.5) is 0 Å². The van der Waals surface area contributed by atoms with Gasteiger partial charge in [-0.3, -0.25) is 4.79 Å². The summed E-state index contributed by atoms with van der Waals surface area (Å²) in [6.07, 6.45) is 0.278. The highest BCUT2D eigenvalue weighted by Crippen LogP contribution is 2.21. The Morgan fingerprint density at radius 3 is 2.42 bits per heavy atom. The number of halogens is 2. The summed E-state index contributed by atoms with van der Waals surface area (Å²) >= 11 is 12.0. The summed E-state index contributed by atoms with van der Waals surface area (Å²) in [5, 5.41) is 6.93. The van der Waals surface area contributed by atoms with Gasteiger partial charge in [0, 0.05) is 22.4 Å². The molecule has 0 aliphatic carbocycles. The van der Waals surface area contributed by atoms with Crippen LogP contribution in [-0.2, 0) is 20.7 Å². The van der Waals surface area contributed by atoms with Crippen molar-refractivity contribution in [2.75, 3.05) is 19.7 Å². The van der Waals surface area contributed by atoms with Crippen LogP contribution in [0.3, 0.4) is 0 Å². The Bertz CT molecular complexity index is 585. The first-order valence-corrected chi connectivity index (χ1v) is 8.79. The first kappa shape index (κ1) is 19.0. The maximum absolute atomic E-state index is 12.4. The molecule has 5 nitrogen and oxygen atoms in total. The lowest BCUT2D eigenvalue weighted by Crippen LogP contribution is -2.52. The Morgan fingerprint density at radius 1 is 1.29 bits per heavy atom. The average Bonchev–Trinajstić information content (AvgIpc) is 2.43. The number of carbonyl (C=O) groups excluding carboxylic acids is 2. The molecular formula is C17H22Cl2N2O3. The number of benzene rings is 1. The fourth-order valence-corrected chi connectivity index (χ4v) is 3.15. The van der Waals surface area contributed by atoms with Crippen LogP contribution in [0.15, 0.2) is 18.2 Å². The summed E-state index contributed by atoms with van der Waals surface area (Å²) in [7, 11) is 0. The molecule has 2 atom stereocenters. The molecule has 0 bridgehead atoms. The van der Waals surface area contributed by atoms with Crippen LogP contribution >= 0.6 is 23.2 Å². The molecule has 0 saturated carbocycles. The van der Waals surface area contributed by atoms with Gasteiger partial charge in [-0.25, -0.2) is 4.79 Å². The van der Waals surface area contributed by atoms with Crippen molar-refractivity contribution in [1.29, 1.82) is 0 Å². The predicted molar refractivity (Wildman–Crippen MR) is 94.3 cm³/mol. The Labute approximate surface area is 152 Å². The van der Waals surface area contributed by atoms with Gasteiger partial charge < -0.3 is 15.4 Å². The number of esters is 1. The lowest BCUT2D eigenvalue weighted by atomic mass is 9.88. The summed E-state index contributed by atoms with van der Waals surface area (Å²) in [5.74, 6) is -0.465. The molecule has 2 unspecified atom stereocenters. The maximum atomic E-state index is 12.4. The topological polar surface area (TPSA) is 67.4 Å². The van der Waals surface area contributed by atoms with Crippen molar-refractivity contribution in [2.24, 2.45) is 11.8 Å². The quantitative estimate of drug-likeness (QED) is 0.721. The molecule has 24 heavy (non-hydrogen) atoms. The molecule has 1 aliphatic heterocycles. The molecule has 132 valence electrons. The van der Waals surface area contributed by atoms with E-state index in [1.807, 2.05) is 6.92 Å². The first-order valence-electron chi connectivity index (χ1n) is 8.03. The number of nitrogens with one attached hydrogen (secondary N) is 2. The van der Waals surface area contributed by atoms with E-state index in [0.717, 1.165) is 18.7 Å². The largest absolute Gasteiger partial charge is 0.464 e. The van der Waals surface area contributed by atoms with Crippen molar-refractivity contribution in [3.8, 4) is 0 Å². The third-order valence-corrected chi connectivity index (χ3v) is 4.62. The van der Waals surface area contributed by atoms with Crippen molar-refractivity contribution in [2.45, 2.75) is 26.3 Å². The van der Waals surface area contributed by atoms with Gasteiger partial charge >= 0.3 is 5.97 Å². The number of ether oxygens (including phenoxy) is 1. The minimum atomic E-state index is -0.762. The molecule has 7 heteroatoms. The maximum Gasteiger partial charge on any atom is 0.328 e. The van der Waals surface area contributed by atoms with Gasteiger partial charge in [-0.15, -0.1) is 0 Å².